The van der Waals surface area contributed by atoms with Gasteiger partial charge in [-0.15, -0.1) is 0 Å². The standard InChI is InChI=1S/C10H13BrN2O2/c1-6(2)13-8-4-9(11)12-5-7(8)10(14)15-3/h4-6H,1-3H3,(H,12,13). The monoisotopic (exact) mass is 272 g/mol. The molecule has 0 atom stereocenters. The number of pyridine rings is 1. The summed E-state index contributed by atoms with van der Waals surface area (Å²) in [5, 5.41) is 3.16. The minimum Gasteiger partial charge on any atom is -0.465 e. The molecule has 0 aliphatic rings. The second-order valence-corrected chi connectivity index (χ2v) is 4.16. The second-order valence-electron chi connectivity index (χ2n) is 3.34. The Hall–Kier alpha value is -1.10. The van der Waals surface area contributed by atoms with Gasteiger partial charge in [-0.2, -0.15) is 0 Å². The van der Waals surface area contributed by atoms with E-state index in [9.17, 15) is 4.79 Å². The van der Waals surface area contributed by atoms with Gasteiger partial charge in [0.25, 0.3) is 0 Å². The van der Waals surface area contributed by atoms with Crippen LogP contribution in [0.15, 0.2) is 16.9 Å². The number of carbonyl (C=O) groups excluding carboxylic acids is 1. The normalized spacial score (nSPS) is 10.2. The molecule has 1 heterocycles. The summed E-state index contributed by atoms with van der Waals surface area (Å²) >= 11 is 3.25. The van der Waals surface area contributed by atoms with Crippen molar-refractivity contribution in [2.75, 3.05) is 12.4 Å². The van der Waals surface area contributed by atoms with Crippen molar-refractivity contribution in [2.24, 2.45) is 0 Å². The van der Waals surface area contributed by atoms with Crippen molar-refractivity contribution < 1.29 is 9.53 Å². The number of nitrogens with one attached hydrogen (secondary N) is 1. The number of nitrogens with zero attached hydrogens (tertiary/aromatic N) is 1. The molecule has 5 heteroatoms. The zero-order valence-electron chi connectivity index (χ0n) is 8.87. The van der Waals surface area contributed by atoms with Gasteiger partial charge in [-0.25, -0.2) is 9.78 Å². The third kappa shape index (κ3) is 3.20. The van der Waals surface area contributed by atoms with Crippen molar-refractivity contribution in [1.29, 1.82) is 0 Å². The van der Waals surface area contributed by atoms with Crippen molar-refractivity contribution >= 4 is 27.6 Å². The molecule has 82 valence electrons. The maximum absolute atomic E-state index is 11.4. The van der Waals surface area contributed by atoms with Gasteiger partial charge in [0.05, 0.1) is 12.8 Å². The van der Waals surface area contributed by atoms with E-state index in [1.54, 1.807) is 6.07 Å². The minimum atomic E-state index is -0.391. The van der Waals surface area contributed by atoms with E-state index in [2.05, 4.69) is 31.0 Å². The zero-order valence-corrected chi connectivity index (χ0v) is 10.5. The van der Waals surface area contributed by atoms with Gasteiger partial charge in [-0.05, 0) is 35.8 Å². The highest BCUT2D eigenvalue weighted by atomic mass is 79.9. The van der Waals surface area contributed by atoms with Gasteiger partial charge in [-0.3, -0.25) is 0 Å². The lowest BCUT2D eigenvalue weighted by molar-refractivity contribution is 0.0601. The number of halogens is 1. The molecule has 4 nitrogen and oxygen atoms in total. The Morgan fingerprint density at radius 2 is 2.27 bits per heavy atom. The van der Waals surface area contributed by atoms with Gasteiger partial charge in [0.2, 0.25) is 0 Å². The number of methoxy groups -OCH3 is 1. The van der Waals surface area contributed by atoms with Crippen LogP contribution in [0, 0.1) is 0 Å². The average Bonchev–Trinajstić information content (AvgIpc) is 2.16. The SMILES string of the molecule is COC(=O)c1cnc(Br)cc1NC(C)C. The Labute approximate surface area is 97.2 Å². The summed E-state index contributed by atoms with van der Waals surface area (Å²) in [6.45, 7) is 3.99. The molecule has 0 radical (unpaired) electrons. The van der Waals surface area contributed by atoms with Crippen LogP contribution in [-0.4, -0.2) is 24.1 Å². The number of rotatable bonds is 3. The number of aromatic nitrogens is 1. The molecule has 0 bridgehead atoms. The number of ether oxygens (including phenoxy) is 1. The van der Waals surface area contributed by atoms with Crippen LogP contribution in [-0.2, 0) is 4.74 Å². The molecule has 0 amide bonds. The molecule has 15 heavy (non-hydrogen) atoms. The van der Waals surface area contributed by atoms with E-state index in [0.29, 0.717) is 10.2 Å². The van der Waals surface area contributed by atoms with E-state index in [4.69, 9.17) is 0 Å². The van der Waals surface area contributed by atoms with Crippen molar-refractivity contribution in [2.45, 2.75) is 19.9 Å². The zero-order chi connectivity index (χ0) is 11.4. The summed E-state index contributed by atoms with van der Waals surface area (Å²) < 4.78 is 5.34. The number of anilines is 1. The summed E-state index contributed by atoms with van der Waals surface area (Å²) in [5.41, 5.74) is 1.16. The van der Waals surface area contributed by atoms with E-state index in [-0.39, 0.29) is 6.04 Å². The molecule has 0 aliphatic heterocycles. The first-order valence-electron chi connectivity index (χ1n) is 4.55. The van der Waals surface area contributed by atoms with E-state index >= 15 is 0 Å². The van der Waals surface area contributed by atoms with E-state index in [1.165, 1.54) is 13.3 Å². The van der Waals surface area contributed by atoms with E-state index in [0.717, 1.165) is 5.69 Å². The molecule has 0 saturated heterocycles. The fraction of sp³-hybridized carbons (Fsp3) is 0.400. The summed E-state index contributed by atoms with van der Waals surface area (Å²) in [7, 11) is 1.35. The van der Waals surface area contributed by atoms with Crippen molar-refractivity contribution in [3.05, 3.63) is 22.4 Å². The van der Waals surface area contributed by atoms with Crippen LogP contribution >= 0.6 is 15.9 Å². The third-order valence-electron chi connectivity index (χ3n) is 1.72. The first-order chi connectivity index (χ1) is 7.04. The Kier molecular flexibility index (Phi) is 4.08. The highest BCUT2D eigenvalue weighted by Gasteiger charge is 2.13. The van der Waals surface area contributed by atoms with Gasteiger partial charge in [0.15, 0.2) is 0 Å². The van der Waals surface area contributed by atoms with Gasteiger partial charge < -0.3 is 10.1 Å². The maximum Gasteiger partial charge on any atom is 0.341 e. The molecular weight excluding hydrogens is 260 g/mol. The number of carbonyl (C=O) groups is 1. The molecular formula is C10H13BrN2O2. The van der Waals surface area contributed by atoms with E-state index < -0.39 is 5.97 Å². The molecule has 1 N–H and O–H groups in total. The Morgan fingerprint density at radius 3 is 2.80 bits per heavy atom. The van der Waals surface area contributed by atoms with Crippen LogP contribution in [0.25, 0.3) is 0 Å². The highest BCUT2D eigenvalue weighted by Crippen LogP contribution is 2.20. The quantitative estimate of drug-likeness (QED) is 0.679. The molecule has 0 aliphatic carbocycles. The molecule has 1 aromatic heterocycles. The molecule has 0 unspecified atom stereocenters. The fourth-order valence-corrected chi connectivity index (χ4v) is 1.46. The lowest BCUT2D eigenvalue weighted by Gasteiger charge is -2.13. The number of hydrogen-bond donors (Lipinski definition) is 1. The largest absolute Gasteiger partial charge is 0.465 e. The van der Waals surface area contributed by atoms with Crippen LogP contribution in [0.1, 0.15) is 24.2 Å². The summed E-state index contributed by atoms with van der Waals surface area (Å²) in [4.78, 5) is 15.4. The van der Waals surface area contributed by atoms with Crippen LogP contribution in [0.3, 0.4) is 0 Å². The highest BCUT2D eigenvalue weighted by molar-refractivity contribution is 9.10. The van der Waals surface area contributed by atoms with Gasteiger partial charge in [0, 0.05) is 12.2 Å². The third-order valence-corrected chi connectivity index (χ3v) is 2.15. The van der Waals surface area contributed by atoms with Crippen molar-refractivity contribution in [3.63, 3.8) is 0 Å². The van der Waals surface area contributed by atoms with Crippen LogP contribution < -0.4 is 5.32 Å². The fourth-order valence-electron chi connectivity index (χ4n) is 1.13. The number of hydrogen-bond acceptors (Lipinski definition) is 4. The second kappa shape index (κ2) is 5.11. The predicted molar refractivity (Wildman–Crippen MR) is 62.0 cm³/mol. The predicted octanol–water partition coefficient (Wildman–Crippen LogP) is 2.45. The number of esters is 1. The van der Waals surface area contributed by atoms with Crippen molar-refractivity contribution in [3.8, 4) is 0 Å². The molecule has 0 saturated carbocycles. The Morgan fingerprint density at radius 1 is 1.60 bits per heavy atom. The van der Waals surface area contributed by atoms with Crippen molar-refractivity contribution in [1.82, 2.24) is 4.98 Å². The molecule has 0 aromatic carbocycles. The molecule has 0 fully saturated rings. The summed E-state index contributed by atoms with van der Waals surface area (Å²) in [6.07, 6.45) is 1.49. The van der Waals surface area contributed by atoms with Crippen LogP contribution in [0.4, 0.5) is 5.69 Å². The Bertz CT molecular complexity index is 366. The maximum atomic E-state index is 11.4. The first-order valence-corrected chi connectivity index (χ1v) is 5.34. The smallest absolute Gasteiger partial charge is 0.341 e. The topological polar surface area (TPSA) is 51.2 Å². The summed E-state index contributed by atoms with van der Waals surface area (Å²) in [6, 6.07) is 1.99. The van der Waals surface area contributed by atoms with Gasteiger partial charge in [0.1, 0.15) is 10.2 Å². The summed E-state index contributed by atoms with van der Waals surface area (Å²) in [5.74, 6) is -0.391. The first kappa shape index (κ1) is 12.0. The average molecular weight is 273 g/mol. The van der Waals surface area contributed by atoms with Gasteiger partial charge >= 0.3 is 5.97 Å². The molecule has 0 spiro atoms. The Balaban J connectivity index is 3.08. The lowest BCUT2D eigenvalue weighted by atomic mass is 10.2. The molecule has 1 rings (SSSR count). The van der Waals surface area contributed by atoms with Crippen LogP contribution in [0.2, 0.25) is 0 Å². The van der Waals surface area contributed by atoms with Gasteiger partial charge in [-0.1, -0.05) is 0 Å². The van der Waals surface area contributed by atoms with Crippen LogP contribution in [0.5, 0.6) is 0 Å². The lowest BCUT2D eigenvalue weighted by Crippen LogP contribution is -2.14. The molecule has 1 aromatic rings. The minimum absolute atomic E-state index is 0.239. The van der Waals surface area contributed by atoms with E-state index in [1.807, 2.05) is 13.8 Å².